The molecule has 2 aromatic rings. The molecule has 0 aliphatic rings. The number of methoxy groups -OCH3 is 1. The average Bonchev–Trinajstić information content (AvgIpc) is 2.88. The van der Waals surface area contributed by atoms with Crippen LogP contribution in [-0.4, -0.2) is 38.3 Å². The van der Waals surface area contributed by atoms with E-state index < -0.39 is 16.1 Å². The highest BCUT2D eigenvalue weighted by Crippen LogP contribution is 2.12. The number of hydrogen-bond acceptors (Lipinski definition) is 3. The third-order valence-electron chi connectivity index (χ3n) is 3.40. The van der Waals surface area contributed by atoms with Gasteiger partial charge in [-0.05, 0) is 17.7 Å². The number of hydrogen-bond donors (Lipinski definition) is 0. The van der Waals surface area contributed by atoms with E-state index in [1.807, 2.05) is 24.3 Å². The van der Waals surface area contributed by atoms with E-state index in [4.69, 9.17) is 9.84 Å². The number of ether oxygens (including phenoxy) is 1. The van der Waals surface area contributed by atoms with Gasteiger partial charge in [-0.2, -0.15) is 9.90 Å². The van der Waals surface area contributed by atoms with Crippen LogP contribution in [0.4, 0.5) is 0 Å². The van der Waals surface area contributed by atoms with Crippen LogP contribution in [0.3, 0.4) is 0 Å². The monoisotopic (exact) mass is 357 g/mol. The zero-order valence-electron chi connectivity index (χ0n) is 15.8. The van der Waals surface area contributed by atoms with Crippen molar-refractivity contribution in [2.24, 2.45) is 0 Å². The zero-order valence-corrected chi connectivity index (χ0v) is 17.8. The number of aromatic nitrogens is 3. The molecule has 0 fully saturated rings. The molecule has 0 saturated carbocycles. The minimum absolute atomic E-state index is 0.649. The van der Waals surface area contributed by atoms with Crippen LogP contribution in [0, 0.1) is 11.5 Å². The molecule has 128 valence electrons. The van der Waals surface area contributed by atoms with Gasteiger partial charge in [-0.15, -0.1) is 10.6 Å². The fraction of sp³-hybridized carbons (Fsp3) is 0.444. The van der Waals surface area contributed by atoms with Crippen molar-refractivity contribution >= 4 is 21.5 Å². The molecule has 6 heteroatoms. The molecule has 2 rings (SSSR count). The highest BCUT2D eigenvalue weighted by Gasteiger charge is 2.25. The lowest BCUT2D eigenvalue weighted by Gasteiger charge is -2.12. The molecule has 0 spiro atoms. The van der Waals surface area contributed by atoms with Gasteiger partial charge >= 0.3 is 0 Å². The molecule has 0 atom stereocenters. The van der Waals surface area contributed by atoms with Crippen LogP contribution in [0.2, 0.25) is 39.3 Å². The Balaban J connectivity index is 2.33. The Labute approximate surface area is 147 Å². The number of benzene rings is 1. The first-order chi connectivity index (χ1) is 11.1. The standard InChI is InChI=1S/C18H27N3OSi2/c1-22-16-10-8-15(9-11-16)14-21-19-17(12-13-23(2,3)4)18(20-21)24(5,6)7/h8-11H,14H2,1-7H3. The van der Waals surface area contributed by atoms with Crippen molar-refractivity contribution in [3.63, 3.8) is 0 Å². The Morgan fingerprint density at radius 1 is 1.00 bits per heavy atom. The molecule has 1 heterocycles. The molecule has 0 radical (unpaired) electrons. The van der Waals surface area contributed by atoms with Gasteiger partial charge in [0.25, 0.3) is 0 Å². The molecule has 0 aliphatic heterocycles. The fourth-order valence-electron chi connectivity index (χ4n) is 2.15. The summed E-state index contributed by atoms with van der Waals surface area (Å²) in [5, 5.41) is 10.5. The van der Waals surface area contributed by atoms with E-state index in [-0.39, 0.29) is 0 Å². The summed E-state index contributed by atoms with van der Waals surface area (Å²) in [4.78, 5) is 1.78. The van der Waals surface area contributed by atoms with E-state index in [9.17, 15) is 0 Å². The number of nitrogens with zero attached hydrogens (tertiary/aromatic N) is 3. The molecule has 4 nitrogen and oxygen atoms in total. The molecule has 1 aromatic heterocycles. The summed E-state index contributed by atoms with van der Waals surface area (Å²) in [7, 11) is -1.35. The predicted molar refractivity (Wildman–Crippen MR) is 105 cm³/mol. The Bertz CT molecular complexity index is 757. The van der Waals surface area contributed by atoms with Crippen LogP contribution < -0.4 is 10.1 Å². The molecule has 0 amide bonds. The van der Waals surface area contributed by atoms with E-state index in [0.29, 0.717) is 6.54 Å². The Hall–Kier alpha value is -1.85. The van der Waals surface area contributed by atoms with Gasteiger partial charge in [0.2, 0.25) is 0 Å². The molecule has 0 aliphatic carbocycles. The van der Waals surface area contributed by atoms with Gasteiger partial charge in [0.05, 0.1) is 19.0 Å². The van der Waals surface area contributed by atoms with Gasteiger partial charge < -0.3 is 4.74 Å². The zero-order chi connectivity index (χ0) is 18.0. The third kappa shape index (κ3) is 5.08. The van der Waals surface area contributed by atoms with E-state index in [1.165, 1.54) is 0 Å². The molecule has 24 heavy (non-hydrogen) atoms. The lowest BCUT2D eigenvalue weighted by Crippen LogP contribution is -2.41. The quantitative estimate of drug-likeness (QED) is 0.623. The minimum atomic E-state index is -1.59. The maximum Gasteiger partial charge on any atom is 0.153 e. The Morgan fingerprint density at radius 2 is 1.62 bits per heavy atom. The van der Waals surface area contributed by atoms with Gasteiger partial charge in [0.1, 0.15) is 21.9 Å². The minimum Gasteiger partial charge on any atom is -0.497 e. The van der Waals surface area contributed by atoms with Crippen molar-refractivity contribution in [3.05, 3.63) is 35.5 Å². The summed E-state index contributed by atoms with van der Waals surface area (Å²) >= 11 is 0. The first-order valence-corrected chi connectivity index (χ1v) is 15.2. The van der Waals surface area contributed by atoms with Crippen molar-refractivity contribution in [3.8, 4) is 17.2 Å². The average molecular weight is 358 g/mol. The van der Waals surface area contributed by atoms with Crippen molar-refractivity contribution in [1.29, 1.82) is 0 Å². The van der Waals surface area contributed by atoms with E-state index in [0.717, 1.165) is 22.3 Å². The summed E-state index contributed by atoms with van der Waals surface area (Å²) < 4.78 is 5.20. The SMILES string of the molecule is COc1ccc(Cn2nc(C#C[Si](C)(C)C)c([Si](C)(C)C)n2)cc1. The summed E-state index contributed by atoms with van der Waals surface area (Å²) in [6.45, 7) is 14.2. The molecule has 1 aromatic carbocycles. The molecular weight excluding hydrogens is 330 g/mol. The van der Waals surface area contributed by atoms with Crippen molar-refractivity contribution in [2.45, 2.75) is 45.8 Å². The summed E-state index contributed by atoms with van der Waals surface area (Å²) in [6.07, 6.45) is 0. The third-order valence-corrected chi connectivity index (χ3v) is 6.04. The first-order valence-electron chi connectivity index (χ1n) is 8.20. The van der Waals surface area contributed by atoms with Gasteiger partial charge in [0, 0.05) is 0 Å². The van der Waals surface area contributed by atoms with Crippen LogP contribution in [0.1, 0.15) is 11.3 Å². The van der Waals surface area contributed by atoms with Gasteiger partial charge in [-0.3, -0.25) is 0 Å². The van der Waals surface area contributed by atoms with Gasteiger partial charge in [0.15, 0.2) is 5.69 Å². The Morgan fingerprint density at radius 3 is 2.12 bits per heavy atom. The van der Waals surface area contributed by atoms with Crippen LogP contribution in [0.5, 0.6) is 5.75 Å². The lowest BCUT2D eigenvalue weighted by molar-refractivity contribution is 0.414. The fourth-order valence-corrected chi connectivity index (χ4v) is 3.88. The Kier molecular flexibility index (Phi) is 5.36. The summed E-state index contributed by atoms with van der Waals surface area (Å²) in [5.41, 5.74) is 5.44. The summed E-state index contributed by atoms with van der Waals surface area (Å²) in [5.74, 6) is 4.17. The van der Waals surface area contributed by atoms with Crippen LogP contribution in [0.25, 0.3) is 0 Å². The second-order valence-corrected chi connectivity index (χ2v) is 17.7. The molecule has 0 bridgehead atoms. The lowest BCUT2D eigenvalue weighted by atomic mass is 10.2. The maximum absolute atomic E-state index is 5.20. The molecular formula is C18H27N3OSi2. The van der Waals surface area contributed by atoms with Gasteiger partial charge in [-0.25, -0.2) is 0 Å². The maximum atomic E-state index is 5.20. The largest absolute Gasteiger partial charge is 0.497 e. The van der Waals surface area contributed by atoms with Crippen molar-refractivity contribution in [1.82, 2.24) is 15.0 Å². The van der Waals surface area contributed by atoms with E-state index >= 15 is 0 Å². The second kappa shape index (κ2) is 6.95. The van der Waals surface area contributed by atoms with E-state index in [2.05, 4.69) is 55.8 Å². The summed E-state index contributed by atoms with van der Waals surface area (Å²) in [6, 6.07) is 8.02. The van der Waals surface area contributed by atoms with Crippen LogP contribution >= 0.6 is 0 Å². The van der Waals surface area contributed by atoms with Crippen molar-refractivity contribution < 1.29 is 4.74 Å². The van der Waals surface area contributed by atoms with Crippen molar-refractivity contribution in [2.75, 3.05) is 7.11 Å². The molecule has 0 saturated heterocycles. The first kappa shape index (κ1) is 18.5. The highest BCUT2D eigenvalue weighted by molar-refractivity contribution is 6.88. The molecule has 0 N–H and O–H groups in total. The molecule has 0 unspecified atom stereocenters. The number of rotatable bonds is 4. The van der Waals surface area contributed by atoms with Crippen LogP contribution in [0.15, 0.2) is 24.3 Å². The topological polar surface area (TPSA) is 39.9 Å². The smallest absolute Gasteiger partial charge is 0.153 e. The normalized spacial score (nSPS) is 11.8. The second-order valence-electron chi connectivity index (χ2n) is 8.03. The highest BCUT2D eigenvalue weighted by atomic mass is 28.3. The van der Waals surface area contributed by atoms with Crippen LogP contribution in [-0.2, 0) is 6.54 Å². The predicted octanol–water partition coefficient (Wildman–Crippen LogP) is 3.11. The van der Waals surface area contributed by atoms with Gasteiger partial charge in [-0.1, -0.05) is 57.3 Å². The van der Waals surface area contributed by atoms with E-state index in [1.54, 1.807) is 11.9 Å².